The number of rotatable bonds is 0. The molecule has 0 N–H and O–H groups in total. The molecule has 2 nitrogen and oxygen atoms in total. The molecule has 22 valence electrons. The van der Waals surface area contributed by atoms with E-state index in [2.05, 4.69) is 0 Å². The second-order valence-corrected chi connectivity index (χ2v) is 0. The van der Waals surface area contributed by atoms with Gasteiger partial charge in [-0.25, -0.2) is 0 Å². The van der Waals surface area contributed by atoms with Gasteiger partial charge in [-0.2, -0.15) is 0 Å². The predicted molar refractivity (Wildman–Crippen MR) is 8.52 cm³/mol. The summed E-state index contributed by atoms with van der Waals surface area (Å²) in [5, 5.41) is 0. The van der Waals surface area contributed by atoms with Crippen LogP contribution in [0.4, 0.5) is 0 Å². The van der Waals surface area contributed by atoms with E-state index in [1.807, 2.05) is 0 Å². The molecule has 0 saturated carbocycles. The van der Waals surface area contributed by atoms with Crippen molar-refractivity contribution in [3.63, 3.8) is 0 Å². The zero-order valence-corrected chi connectivity index (χ0v) is 7.13. The van der Waals surface area contributed by atoms with Crippen LogP contribution in [0.1, 0.15) is 0 Å². The van der Waals surface area contributed by atoms with Gasteiger partial charge in [0.25, 0.3) is 0 Å². The first kappa shape index (κ1) is 9.00. The molecule has 0 fully saturated rings. The van der Waals surface area contributed by atoms with Crippen LogP contribution in [0, 0.1) is 0 Å². The van der Waals surface area contributed by atoms with Crippen molar-refractivity contribution in [2.75, 3.05) is 0 Å². The molecule has 0 radical (unpaired) electrons. The van der Waals surface area contributed by atoms with E-state index in [4.69, 9.17) is 5.83 Å². The summed E-state index contributed by atoms with van der Waals surface area (Å²) in [5.41, 5.74) is 0. The fourth-order valence-corrected chi connectivity index (χ4v) is 0. The molecule has 0 heterocycles. The van der Waals surface area contributed by atoms with Gasteiger partial charge in [-0.1, -0.05) is 0 Å². The zero-order chi connectivity index (χ0) is 4.00. The predicted octanol–water partition coefficient (Wildman–Crippen LogP) is -0.889. The third kappa shape index (κ3) is 10.3. The van der Waals surface area contributed by atoms with E-state index < -0.39 is 0 Å². The number of hydrogen-bond acceptors (Lipinski definition) is 2. The molecule has 0 amide bonds. The second kappa shape index (κ2) is 27.7. The van der Waals surface area contributed by atoms with Gasteiger partial charge in [-0.15, -0.1) is 0 Å². The standard InChI is InChI=1S/2O.Sb.Zr.H. The molecule has 0 rings (SSSR count). The van der Waals surface area contributed by atoms with Crippen LogP contribution in [-0.2, 0) is 30.6 Å². The van der Waals surface area contributed by atoms with Crippen molar-refractivity contribution in [1.82, 2.24) is 0 Å². The van der Waals surface area contributed by atoms with Gasteiger partial charge >= 0.3 is 53.6 Å². The molecule has 0 atom stereocenters. The summed E-state index contributed by atoms with van der Waals surface area (Å²) in [7, 11) is 0. The number of hydrogen-bond donors (Lipinski definition) is 0. The minimum absolute atomic E-state index is 0.300. The van der Waals surface area contributed by atoms with Gasteiger partial charge in [0, 0.05) is 0 Å². The maximum atomic E-state index is 8.34. The molecular formula is HO2SbZr. The average molecular weight is 246 g/mol. The Morgan fingerprint density at radius 2 is 1.25 bits per heavy atom. The topological polar surface area (TPSA) is 34.1 Å². The molecule has 0 aliphatic carbocycles. The van der Waals surface area contributed by atoms with Crippen LogP contribution in [0.25, 0.3) is 0 Å². The summed E-state index contributed by atoms with van der Waals surface area (Å²) in [6, 6.07) is 0. The van der Waals surface area contributed by atoms with Crippen LogP contribution < -0.4 is 0 Å². The third-order valence-corrected chi connectivity index (χ3v) is 0. The first-order chi connectivity index (χ1) is 2.00. The Kier molecular flexibility index (Phi) is 62.3. The van der Waals surface area contributed by atoms with Crippen molar-refractivity contribution in [2.24, 2.45) is 0 Å². The third-order valence-electron chi connectivity index (χ3n) is 0. The molecular weight excluding hydrogens is 245 g/mol. The van der Waals surface area contributed by atoms with E-state index in [1.54, 1.807) is 0 Å². The fourth-order valence-electron chi connectivity index (χ4n) is 0. The van der Waals surface area contributed by atoms with Crippen molar-refractivity contribution >= 4 is 23.0 Å². The van der Waals surface area contributed by atoms with Crippen molar-refractivity contribution < 1.29 is 30.6 Å². The zero-order valence-electron chi connectivity index (χ0n) is 1.82. The molecule has 0 spiro atoms. The summed E-state index contributed by atoms with van der Waals surface area (Å²) in [5.74, 6) is 0. The second-order valence-electron chi connectivity index (χ2n) is 0. The van der Waals surface area contributed by atoms with Crippen LogP contribution >= 0.6 is 0 Å². The van der Waals surface area contributed by atoms with Crippen molar-refractivity contribution in [3.8, 4) is 0 Å². The van der Waals surface area contributed by atoms with E-state index >= 15 is 0 Å². The van der Waals surface area contributed by atoms with Gasteiger partial charge in [0.1, 0.15) is 0 Å². The SMILES string of the molecule is [O]=[SbH].[O]=[Zr]. The molecule has 0 aromatic heterocycles. The van der Waals surface area contributed by atoms with Gasteiger partial charge in [0.15, 0.2) is 0 Å². The van der Waals surface area contributed by atoms with Gasteiger partial charge in [0.2, 0.25) is 0 Å². The van der Waals surface area contributed by atoms with Gasteiger partial charge in [0.05, 0.1) is 0 Å². The average Bonchev–Trinajstić information content (AvgIpc) is 1.50. The Bertz CT molecular complexity index is 8.00. The van der Waals surface area contributed by atoms with Crippen molar-refractivity contribution in [3.05, 3.63) is 0 Å². The molecule has 4 heteroatoms. The van der Waals surface area contributed by atoms with Crippen LogP contribution in [0.2, 0.25) is 0 Å². The Morgan fingerprint density at radius 1 is 1.25 bits per heavy atom. The molecule has 0 aliphatic heterocycles. The fraction of sp³-hybridized carbons (Fsp3) is 0. The molecule has 4 heavy (non-hydrogen) atoms. The summed E-state index contributed by atoms with van der Waals surface area (Å²) in [6.07, 6.45) is 0. The van der Waals surface area contributed by atoms with Crippen LogP contribution in [0.5, 0.6) is 0 Å². The van der Waals surface area contributed by atoms with E-state index in [0.29, 0.717) is 47.7 Å². The van der Waals surface area contributed by atoms with E-state index in [0.717, 1.165) is 0 Å². The normalized spacial score (nSPS) is 1.75. The van der Waals surface area contributed by atoms with E-state index in [1.165, 1.54) is 0 Å². The Hall–Kier alpha value is 1.30. The molecule has 0 aromatic carbocycles. The first-order valence-electron chi connectivity index (χ1n) is 0.408. The quantitative estimate of drug-likeness (QED) is 0.520. The summed E-state index contributed by atoms with van der Waals surface area (Å²) < 4.78 is 16.7. The van der Waals surface area contributed by atoms with Crippen molar-refractivity contribution in [2.45, 2.75) is 0 Å². The molecule has 0 saturated heterocycles. The van der Waals surface area contributed by atoms with E-state index in [-0.39, 0.29) is 0 Å². The van der Waals surface area contributed by atoms with Crippen molar-refractivity contribution in [1.29, 1.82) is 0 Å². The minimum atomic E-state index is 0.300. The van der Waals surface area contributed by atoms with Crippen LogP contribution in [0.15, 0.2) is 0 Å². The Labute approximate surface area is 53.1 Å². The van der Waals surface area contributed by atoms with Gasteiger partial charge in [-0.3, -0.25) is 0 Å². The summed E-state index contributed by atoms with van der Waals surface area (Å²) >= 11 is 0.600. The summed E-state index contributed by atoms with van der Waals surface area (Å²) in [6.45, 7) is 0. The van der Waals surface area contributed by atoms with Crippen LogP contribution in [0.3, 0.4) is 0 Å². The molecule has 0 aromatic rings. The molecule has 0 aliphatic rings. The molecule has 0 bridgehead atoms. The Morgan fingerprint density at radius 3 is 1.25 bits per heavy atom. The first-order valence-corrected chi connectivity index (χ1v) is 2.58. The molecule has 0 unspecified atom stereocenters. The Balaban J connectivity index is 0. The van der Waals surface area contributed by atoms with E-state index in [9.17, 15) is 0 Å². The van der Waals surface area contributed by atoms with Gasteiger partial charge in [-0.05, 0) is 0 Å². The maximum absolute atomic E-state index is 8.34. The monoisotopic (exact) mass is 244 g/mol. The van der Waals surface area contributed by atoms with Crippen LogP contribution in [-0.4, -0.2) is 23.0 Å². The summed E-state index contributed by atoms with van der Waals surface area (Å²) in [4.78, 5) is 0. The van der Waals surface area contributed by atoms with Gasteiger partial charge < -0.3 is 0 Å².